The predicted octanol–water partition coefficient (Wildman–Crippen LogP) is 7.85. The van der Waals surface area contributed by atoms with E-state index >= 15 is 0 Å². The Balaban J connectivity index is 0.000000204. The van der Waals surface area contributed by atoms with Crippen LogP contribution in [0.1, 0.15) is 126 Å². The van der Waals surface area contributed by atoms with Crippen molar-refractivity contribution in [3.05, 3.63) is 129 Å². The fraction of sp³-hybridized carbons (Fsp3) is 0.491. The molecule has 5 aliphatic rings. The fourth-order valence-corrected chi connectivity index (χ4v) is 12.6. The Morgan fingerprint density at radius 2 is 1.59 bits per heavy atom. The molecule has 400 valence electrons. The summed E-state index contributed by atoms with van der Waals surface area (Å²) in [5, 5.41) is 17.7. The van der Waals surface area contributed by atoms with Gasteiger partial charge in [-0.3, -0.25) is 14.4 Å². The van der Waals surface area contributed by atoms with Crippen molar-refractivity contribution in [1.29, 1.82) is 0 Å². The first-order valence-electron chi connectivity index (χ1n) is 26.9. The number of nitrogens with two attached hydrogens (primary N) is 3. The van der Waals surface area contributed by atoms with E-state index in [9.17, 15) is 19.5 Å². The molecule has 4 saturated heterocycles. The molecule has 2 amide bonds. The number of para-hydroxylation sites is 1. The molecule has 0 spiro atoms. The molecule has 7 heterocycles. The zero-order valence-electron chi connectivity index (χ0n) is 43.8. The number of aromatic hydroxyl groups is 1. The van der Waals surface area contributed by atoms with Crippen LogP contribution in [0.25, 0.3) is 16.1 Å². The van der Waals surface area contributed by atoms with Crippen LogP contribution in [-0.2, 0) is 14.3 Å². The molecule has 5 fully saturated rings. The molecule has 18 heteroatoms. The van der Waals surface area contributed by atoms with E-state index in [0.717, 1.165) is 91.5 Å². The summed E-state index contributed by atoms with van der Waals surface area (Å²) in [5.41, 5.74) is 25.7. The molecule has 1 saturated carbocycles. The molecule has 2 bridgehead atoms. The van der Waals surface area contributed by atoms with E-state index in [-0.39, 0.29) is 53.0 Å². The first-order valence-corrected chi connectivity index (χ1v) is 27.8. The van der Waals surface area contributed by atoms with Crippen LogP contribution in [0.3, 0.4) is 0 Å². The van der Waals surface area contributed by atoms with E-state index in [1.54, 1.807) is 52.8 Å². The molecule has 9 N–H and O–H groups in total. The fourth-order valence-electron chi connectivity index (χ4n) is 11.8. The average molecular weight is 1040 g/mol. The number of hydrogen-bond acceptors (Lipinski definition) is 15. The number of carbonyl (C=O) groups is 2. The Morgan fingerprint density at radius 3 is 2.24 bits per heavy atom. The number of benzene rings is 2. The molecule has 5 atom stereocenters. The van der Waals surface area contributed by atoms with Crippen molar-refractivity contribution < 1.29 is 24.0 Å². The number of piperazine rings is 1. The van der Waals surface area contributed by atoms with Crippen molar-refractivity contribution in [2.24, 2.45) is 23.1 Å². The van der Waals surface area contributed by atoms with Gasteiger partial charge in [0.15, 0.2) is 11.6 Å². The topological polar surface area (TPSA) is 238 Å². The van der Waals surface area contributed by atoms with Crippen LogP contribution >= 0.6 is 11.3 Å². The van der Waals surface area contributed by atoms with E-state index in [1.165, 1.54) is 32.1 Å². The summed E-state index contributed by atoms with van der Waals surface area (Å²) in [6, 6.07) is 20.5. The number of pyridine rings is 1. The molecular weight excluding hydrogens is 967 g/mol. The first kappa shape index (κ1) is 53.1. The van der Waals surface area contributed by atoms with Gasteiger partial charge in [0.05, 0.1) is 40.0 Å². The lowest BCUT2D eigenvalue weighted by Gasteiger charge is -2.44. The zero-order chi connectivity index (χ0) is 52.8. The summed E-state index contributed by atoms with van der Waals surface area (Å²) in [4.78, 5) is 56.0. The Morgan fingerprint density at radius 1 is 0.880 bits per heavy atom. The SMILES string of the molecule is Cc1ncsc1-c1ccc(C(C)NC(=O)C2CCCN2C(=O)C(c2cc(N3CCC(OC4CCCCC4)CC3)no2)C(C)C)cc1.NC(N)=C(/C=C(\N)c1ccccc1O)N1CC2CCC(C1)N2c1cc[nH]c(=O)c1. The molecule has 4 aliphatic heterocycles. The summed E-state index contributed by atoms with van der Waals surface area (Å²) in [5.74, 6) is 0.972. The first-order chi connectivity index (χ1) is 36.2. The Bertz CT molecular complexity index is 2850. The number of thiazole rings is 1. The van der Waals surface area contributed by atoms with Gasteiger partial charge in [-0.1, -0.05) is 74.7 Å². The molecule has 5 aromatic rings. The molecule has 3 aromatic heterocycles. The Hall–Kier alpha value is -6.79. The highest BCUT2D eigenvalue weighted by Crippen LogP contribution is 2.38. The minimum atomic E-state index is -0.499. The minimum absolute atomic E-state index is 0.00754. The zero-order valence-corrected chi connectivity index (χ0v) is 44.6. The van der Waals surface area contributed by atoms with Gasteiger partial charge in [-0.2, -0.15) is 0 Å². The summed E-state index contributed by atoms with van der Waals surface area (Å²) in [7, 11) is 0. The van der Waals surface area contributed by atoms with Gasteiger partial charge in [-0.15, -0.1) is 11.3 Å². The lowest BCUT2D eigenvalue weighted by atomic mass is 9.91. The Kier molecular flexibility index (Phi) is 16.9. The van der Waals surface area contributed by atoms with Gasteiger partial charge >= 0.3 is 0 Å². The molecule has 1 aliphatic carbocycles. The number of aromatic nitrogens is 3. The van der Waals surface area contributed by atoms with Crippen LogP contribution in [0.4, 0.5) is 11.5 Å². The van der Waals surface area contributed by atoms with Crippen LogP contribution in [-0.4, -0.2) is 105 Å². The lowest BCUT2D eigenvalue weighted by molar-refractivity contribution is -0.141. The number of ether oxygens (including phenoxy) is 1. The van der Waals surface area contributed by atoms with E-state index in [1.807, 2.05) is 51.4 Å². The highest BCUT2D eigenvalue weighted by molar-refractivity contribution is 7.13. The van der Waals surface area contributed by atoms with Gasteiger partial charge < -0.3 is 61.5 Å². The number of aryl methyl sites for hydroxylation is 1. The van der Waals surface area contributed by atoms with E-state index in [0.29, 0.717) is 47.9 Å². The monoisotopic (exact) mass is 1040 g/mol. The number of aromatic amines is 1. The molecule has 10 rings (SSSR count). The van der Waals surface area contributed by atoms with Crippen LogP contribution < -0.4 is 37.9 Å². The number of hydrogen-bond donors (Lipinski definition) is 6. The van der Waals surface area contributed by atoms with Gasteiger partial charge in [0.25, 0.3) is 0 Å². The van der Waals surface area contributed by atoms with Gasteiger partial charge in [0.2, 0.25) is 17.4 Å². The number of likely N-dealkylation sites (tertiary alicyclic amines) is 2. The third kappa shape index (κ3) is 12.3. The Labute approximate surface area is 444 Å². The smallest absolute Gasteiger partial charge is 0.249 e. The number of rotatable bonds is 14. The largest absolute Gasteiger partial charge is 0.507 e. The predicted molar refractivity (Wildman–Crippen MR) is 294 cm³/mol. The van der Waals surface area contributed by atoms with Gasteiger partial charge in [-0.25, -0.2) is 4.98 Å². The molecule has 75 heavy (non-hydrogen) atoms. The van der Waals surface area contributed by atoms with Gasteiger partial charge in [0.1, 0.15) is 23.5 Å². The van der Waals surface area contributed by atoms with Crippen LogP contribution in [0.2, 0.25) is 0 Å². The minimum Gasteiger partial charge on any atom is -0.507 e. The summed E-state index contributed by atoms with van der Waals surface area (Å²) >= 11 is 1.63. The highest BCUT2D eigenvalue weighted by Gasteiger charge is 2.42. The number of carbonyl (C=O) groups excluding carboxylic acids is 2. The molecular formula is C57H75N11O6S. The van der Waals surface area contributed by atoms with Crippen LogP contribution in [0.5, 0.6) is 5.75 Å². The maximum atomic E-state index is 14.1. The second kappa shape index (κ2) is 23.8. The molecule has 5 unspecified atom stereocenters. The standard InChI is InChI=1S/C36H49N5O4S.C21H26N6O2/c1-23(2)33(31-21-32(39-45-31)40-19-16-29(17-20-40)44-28-9-6-5-7-10-28)36(43)41-18-8-11-30(41)35(42)38-24(3)26-12-14-27(15-13-26)34-25(4)37-22-46-34;22-17(16-3-1-2-4-19(16)28)10-18(21(23)24)26-11-14-5-6-15(12-26)27(14)13-7-8-25-20(29)9-13/h12-15,21-24,28-30,33H,5-11,16-20H2,1-4H3,(H,38,42);1-4,7-10,14-15,28H,5-6,11-12,22-24H2,(H,25,29)/b;17-10-. The van der Waals surface area contributed by atoms with E-state index < -0.39 is 12.0 Å². The number of fused-ring (bicyclic) bond motifs is 2. The van der Waals surface area contributed by atoms with Crippen molar-refractivity contribution in [3.8, 4) is 16.2 Å². The molecule has 17 nitrogen and oxygen atoms in total. The van der Waals surface area contributed by atoms with Crippen molar-refractivity contribution in [2.75, 3.05) is 42.5 Å². The maximum Gasteiger partial charge on any atom is 0.249 e. The van der Waals surface area contributed by atoms with E-state index in [4.69, 9.17) is 26.5 Å². The van der Waals surface area contributed by atoms with Crippen molar-refractivity contribution in [2.45, 2.75) is 141 Å². The quantitative estimate of drug-likeness (QED) is 0.0581. The van der Waals surface area contributed by atoms with Gasteiger partial charge in [0, 0.05) is 80.1 Å². The van der Waals surface area contributed by atoms with Gasteiger partial charge in [-0.05, 0) is 107 Å². The number of amides is 2. The number of H-pyrrole nitrogens is 1. The number of nitrogens with zero attached hydrogens (tertiary/aromatic N) is 6. The summed E-state index contributed by atoms with van der Waals surface area (Å²) < 4.78 is 12.3. The van der Waals surface area contributed by atoms with Crippen LogP contribution in [0, 0.1) is 12.8 Å². The normalized spacial score (nSPS) is 21.2. The van der Waals surface area contributed by atoms with Crippen molar-refractivity contribution in [1.82, 2.24) is 30.2 Å². The number of piperidine rings is 1. The number of allylic oxidation sites excluding steroid dienone is 1. The van der Waals surface area contributed by atoms with Crippen molar-refractivity contribution >= 4 is 40.4 Å². The van der Waals surface area contributed by atoms with Crippen molar-refractivity contribution in [3.63, 3.8) is 0 Å². The maximum absolute atomic E-state index is 14.1. The number of anilines is 2. The highest BCUT2D eigenvalue weighted by atomic mass is 32.1. The number of phenols is 1. The molecule has 2 aromatic carbocycles. The third-order valence-corrected chi connectivity index (χ3v) is 16.7. The second-order valence-electron chi connectivity index (χ2n) is 21.3. The average Bonchev–Trinajstić information content (AvgIpc) is 4.24. The third-order valence-electron chi connectivity index (χ3n) is 15.8. The lowest BCUT2D eigenvalue weighted by Crippen LogP contribution is -2.54. The summed E-state index contributed by atoms with van der Waals surface area (Å²) in [6.07, 6.45) is 15.9. The number of phenolic OH excluding ortho intramolecular Hbond substituents is 1. The van der Waals surface area contributed by atoms with E-state index in [2.05, 4.69) is 59.4 Å². The van der Waals surface area contributed by atoms with Crippen LogP contribution in [0.15, 0.2) is 105 Å². The molecule has 0 radical (unpaired) electrons. The second-order valence-corrected chi connectivity index (χ2v) is 22.1. The summed E-state index contributed by atoms with van der Waals surface area (Å²) in [6.45, 7) is 11.8. The number of nitrogens with one attached hydrogen (secondary N) is 2.